The Hall–Kier alpha value is -0.870. The Morgan fingerprint density at radius 3 is 2.53 bits per heavy atom. The van der Waals surface area contributed by atoms with E-state index in [2.05, 4.69) is 26.9 Å². The van der Waals surface area contributed by atoms with E-state index in [9.17, 15) is 9.90 Å². The van der Waals surface area contributed by atoms with E-state index in [0.717, 1.165) is 17.4 Å². The second-order valence-electron chi connectivity index (χ2n) is 5.29. The molecule has 1 unspecified atom stereocenters. The lowest BCUT2D eigenvalue weighted by molar-refractivity contribution is -0.143. The zero-order valence-electron chi connectivity index (χ0n) is 11.8. The number of rotatable bonds is 7. The molecule has 1 atom stereocenters. The molecular weight excluding hydrogens is 306 g/mol. The molecule has 0 aromatic heterocycles. The maximum absolute atomic E-state index is 11.2. The van der Waals surface area contributed by atoms with E-state index in [1.54, 1.807) is 0 Å². The molecule has 0 spiro atoms. The summed E-state index contributed by atoms with van der Waals surface area (Å²) in [4.78, 5) is 13.3. The van der Waals surface area contributed by atoms with Gasteiger partial charge in [0.2, 0.25) is 0 Å². The summed E-state index contributed by atoms with van der Waals surface area (Å²) in [6.45, 7) is 5.37. The lowest BCUT2D eigenvalue weighted by atomic mass is 9.95. The van der Waals surface area contributed by atoms with E-state index in [0.29, 0.717) is 6.54 Å². The Kier molecular flexibility index (Phi) is 6.52. The van der Waals surface area contributed by atoms with Crippen molar-refractivity contribution in [3.8, 4) is 0 Å². The number of nitrogens with zero attached hydrogens (tertiary/aromatic N) is 1. The highest BCUT2D eigenvalue weighted by molar-refractivity contribution is 9.10. The minimum atomic E-state index is -0.706. The van der Waals surface area contributed by atoms with Crippen LogP contribution in [0.2, 0.25) is 0 Å². The van der Waals surface area contributed by atoms with Crippen molar-refractivity contribution in [1.29, 1.82) is 0 Å². The van der Waals surface area contributed by atoms with Crippen LogP contribution in [0, 0.1) is 11.8 Å². The van der Waals surface area contributed by atoms with Crippen LogP contribution in [0.15, 0.2) is 28.7 Å². The van der Waals surface area contributed by atoms with Crippen molar-refractivity contribution < 1.29 is 9.90 Å². The average molecular weight is 328 g/mol. The van der Waals surface area contributed by atoms with E-state index >= 15 is 0 Å². The Bertz CT molecular complexity index is 420. The molecule has 0 bridgehead atoms. The summed E-state index contributed by atoms with van der Waals surface area (Å²) in [5.74, 6) is -0.852. The van der Waals surface area contributed by atoms with Crippen LogP contribution in [0.25, 0.3) is 0 Å². The third-order valence-electron chi connectivity index (χ3n) is 3.35. The van der Waals surface area contributed by atoms with Gasteiger partial charge >= 0.3 is 5.97 Å². The van der Waals surface area contributed by atoms with E-state index in [1.165, 1.54) is 5.56 Å². The largest absolute Gasteiger partial charge is 0.481 e. The van der Waals surface area contributed by atoms with Gasteiger partial charge in [0.1, 0.15) is 0 Å². The SMILES string of the molecule is CC(C)C(CN(C)CCc1ccccc1Br)C(=O)O. The van der Waals surface area contributed by atoms with Gasteiger partial charge in [-0.15, -0.1) is 0 Å². The number of hydrogen-bond acceptors (Lipinski definition) is 2. The van der Waals surface area contributed by atoms with Gasteiger partial charge in [0.25, 0.3) is 0 Å². The molecule has 0 saturated carbocycles. The van der Waals surface area contributed by atoms with Crippen molar-refractivity contribution >= 4 is 21.9 Å². The summed E-state index contributed by atoms with van der Waals surface area (Å²) >= 11 is 3.53. The Labute approximate surface area is 123 Å². The topological polar surface area (TPSA) is 40.5 Å². The second kappa shape index (κ2) is 7.65. The first kappa shape index (κ1) is 16.2. The first-order valence-corrected chi connectivity index (χ1v) is 7.36. The quantitative estimate of drug-likeness (QED) is 0.835. The number of aliphatic carboxylic acids is 1. The maximum atomic E-state index is 11.2. The van der Waals surface area contributed by atoms with Crippen molar-refractivity contribution in [3.63, 3.8) is 0 Å². The third kappa shape index (κ3) is 5.33. The molecule has 106 valence electrons. The van der Waals surface area contributed by atoms with Crippen LogP contribution >= 0.6 is 15.9 Å². The molecule has 0 radical (unpaired) electrons. The van der Waals surface area contributed by atoms with Crippen molar-refractivity contribution in [2.45, 2.75) is 20.3 Å². The number of carbonyl (C=O) groups is 1. The highest BCUT2D eigenvalue weighted by Gasteiger charge is 2.22. The summed E-state index contributed by atoms with van der Waals surface area (Å²) in [5.41, 5.74) is 1.26. The number of likely N-dealkylation sites (N-methyl/N-ethyl adjacent to an activating group) is 1. The van der Waals surface area contributed by atoms with Crippen molar-refractivity contribution in [2.24, 2.45) is 11.8 Å². The highest BCUT2D eigenvalue weighted by Crippen LogP contribution is 2.17. The summed E-state index contributed by atoms with van der Waals surface area (Å²) in [7, 11) is 1.98. The second-order valence-corrected chi connectivity index (χ2v) is 6.15. The van der Waals surface area contributed by atoms with Gasteiger partial charge in [-0.3, -0.25) is 4.79 Å². The fraction of sp³-hybridized carbons (Fsp3) is 0.533. The van der Waals surface area contributed by atoms with Crippen LogP contribution in [-0.4, -0.2) is 36.1 Å². The standard InChI is InChI=1S/C15H22BrNO2/c1-11(2)13(15(18)19)10-17(3)9-8-12-6-4-5-7-14(12)16/h4-7,11,13H,8-10H2,1-3H3,(H,18,19). The fourth-order valence-corrected chi connectivity index (χ4v) is 2.50. The number of benzene rings is 1. The number of carboxylic acid groups (broad SMARTS) is 1. The van der Waals surface area contributed by atoms with Crippen LogP contribution in [-0.2, 0) is 11.2 Å². The monoisotopic (exact) mass is 327 g/mol. The molecule has 1 rings (SSSR count). The van der Waals surface area contributed by atoms with Gasteiger partial charge in [-0.05, 0) is 31.0 Å². The van der Waals surface area contributed by atoms with Gasteiger partial charge in [-0.25, -0.2) is 0 Å². The summed E-state index contributed by atoms with van der Waals surface area (Å²) < 4.78 is 1.11. The lowest BCUT2D eigenvalue weighted by Gasteiger charge is -2.23. The summed E-state index contributed by atoms with van der Waals surface area (Å²) in [6, 6.07) is 8.14. The molecule has 0 aliphatic heterocycles. The molecule has 4 heteroatoms. The van der Waals surface area contributed by atoms with Crippen LogP contribution in [0.3, 0.4) is 0 Å². The van der Waals surface area contributed by atoms with Gasteiger partial charge in [-0.1, -0.05) is 48.0 Å². The Balaban J connectivity index is 2.49. The zero-order valence-corrected chi connectivity index (χ0v) is 13.4. The van der Waals surface area contributed by atoms with Gasteiger partial charge < -0.3 is 10.0 Å². The first-order chi connectivity index (χ1) is 8.91. The summed E-state index contributed by atoms with van der Waals surface area (Å²) in [6.07, 6.45) is 0.919. The Morgan fingerprint density at radius 2 is 2.00 bits per heavy atom. The lowest BCUT2D eigenvalue weighted by Crippen LogP contribution is -2.34. The molecule has 0 fully saturated rings. The zero-order chi connectivity index (χ0) is 14.4. The molecule has 1 N–H and O–H groups in total. The van der Waals surface area contributed by atoms with Crippen molar-refractivity contribution in [1.82, 2.24) is 4.90 Å². The molecule has 19 heavy (non-hydrogen) atoms. The van der Waals surface area contributed by atoms with Crippen LogP contribution in [0.4, 0.5) is 0 Å². The predicted molar refractivity (Wildman–Crippen MR) is 81.3 cm³/mol. The van der Waals surface area contributed by atoms with Gasteiger partial charge in [0.15, 0.2) is 0 Å². The highest BCUT2D eigenvalue weighted by atomic mass is 79.9. The maximum Gasteiger partial charge on any atom is 0.308 e. The first-order valence-electron chi connectivity index (χ1n) is 6.56. The molecule has 3 nitrogen and oxygen atoms in total. The van der Waals surface area contributed by atoms with E-state index in [1.807, 2.05) is 39.1 Å². The molecule has 1 aromatic rings. The molecule has 0 aliphatic carbocycles. The number of hydrogen-bond donors (Lipinski definition) is 1. The van der Waals surface area contributed by atoms with Gasteiger partial charge in [0, 0.05) is 17.6 Å². The molecule has 0 saturated heterocycles. The normalized spacial score (nSPS) is 12.9. The Morgan fingerprint density at radius 1 is 1.37 bits per heavy atom. The van der Waals surface area contributed by atoms with Gasteiger partial charge in [-0.2, -0.15) is 0 Å². The number of carboxylic acids is 1. The molecule has 0 aliphatic rings. The fourth-order valence-electron chi connectivity index (χ4n) is 2.01. The van der Waals surface area contributed by atoms with Crippen LogP contribution in [0.1, 0.15) is 19.4 Å². The summed E-state index contributed by atoms with van der Waals surface area (Å²) in [5, 5.41) is 9.19. The minimum absolute atomic E-state index is 0.156. The molecule has 0 amide bonds. The average Bonchev–Trinajstić information content (AvgIpc) is 2.34. The minimum Gasteiger partial charge on any atom is -0.481 e. The van der Waals surface area contributed by atoms with Gasteiger partial charge in [0.05, 0.1) is 5.92 Å². The molecule has 1 aromatic carbocycles. The van der Waals surface area contributed by atoms with E-state index in [-0.39, 0.29) is 11.8 Å². The van der Waals surface area contributed by atoms with E-state index < -0.39 is 5.97 Å². The molecule has 0 heterocycles. The number of halogens is 1. The predicted octanol–water partition coefficient (Wildman–Crippen LogP) is 3.28. The van der Waals surface area contributed by atoms with Crippen molar-refractivity contribution in [2.75, 3.05) is 20.1 Å². The van der Waals surface area contributed by atoms with Crippen molar-refractivity contribution in [3.05, 3.63) is 34.3 Å². The van der Waals surface area contributed by atoms with Crippen LogP contribution in [0.5, 0.6) is 0 Å². The smallest absolute Gasteiger partial charge is 0.308 e. The molecular formula is C15H22BrNO2. The third-order valence-corrected chi connectivity index (χ3v) is 4.12. The van der Waals surface area contributed by atoms with Crippen LogP contribution < -0.4 is 0 Å². The van der Waals surface area contributed by atoms with E-state index in [4.69, 9.17) is 0 Å².